The lowest BCUT2D eigenvalue weighted by atomic mass is 10.0. The second-order valence-corrected chi connectivity index (χ2v) is 9.16. The van der Waals surface area contributed by atoms with Crippen LogP contribution in [-0.2, 0) is 0 Å². The van der Waals surface area contributed by atoms with Crippen LogP contribution in [0.25, 0.3) is 0 Å². The summed E-state index contributed by atoms with van der Waals surface area (Å²) in [5.74, 6) is 0. The van der Waals surface area contributed by atoms with Crippen LogP contribution in [-0.4, -0.2) is 6.04 Å². The number of hydrogen-bond acceptors (Lipinski definition) is 0. The van der Waals surface area contributed by atoms with Crippen LogP contribution in [0.3, 0.4) is 0 Å². The average molecular weight is 418 g/mol. The fourth-order valence-corrected chi connectivity index (χ4v) is 4.16. The maximum absolute atomic E-state index is 4.38. The van der Waals surface area contributed by atoms with Gasteiger partial charge >= 0.3 is 0 Å². The Morgan fingerprint density at radius 2 is 0.607 bits per heavy atom. The highest BCUT2D eigenvalue weighted by atomic mass is 35.5. The molecule has 1 atom stereocenters. The van der Waals surface area contributed by atoms with Crippen LogP contribution in [0.4, 0.5) is 0 Å². The van der Waals surface area contributed by atoms with Crippen molar-refractivity contribution in [1.29, 1.82) is 0 Å². The molecule has 0 saturated heterocycles. The van der Waals surface area contributed by atoms with Gasteiger partial charge < -0.3 is 18.1 Å². The van der Waals surface area contributed by atoms with Crippen molar-refractivity contribution in [2.45, 2.75) is 168 Å². The Balaban J connectivity index is 0. The summed E-state index contributed by atoms with van der Waals surface area (Å²) in [6, 6.07) is 0.721. The lowest BCUT2D eigenvalue weighted by molar-refractivity contribution is -0.423. The average Bonchev–Trinajstić information content (AvgIpc) is 2.67. The van der Waals surface area contributed by atoms with Gasteiger partial charge in [-0.15, -0.1) is 0 Å². The largest absolute Gasteiger partial charge is 1.00 e. The third-order valence-corrected chi connectivity index (χ3v) is 6.18. The van der Waals surface area contributed by atoms with E-state index in [9.17, 15) is 0 Å². The van der Waals surface area contributed by atoms with Gasteiger partial charge in [-0.3, -0.25) is 0 Å². The molecule has 0 spiro atoms. The van der Waals surface area contributed by atoms with Crippen LogP contribution in [0.1, 0.15) is 162 Å². The monoisotopic (exact) mass is 417 g/mol. The maximum Gasteiger partial charge on any atom is 0.0843 e. The van der Waals surface area contributed by atoms with Crippen molar-refractivity contribution in [3.05, 3.63) is 0 Å². The number of unbranched alkanes of at least 4 members (excludes halogenated alkanes) is 19. The number of hydrogen-bond donors (Lipinski definition) is 1. The van der Waals surface area contributed by atoms with E-state index in [0.29, 0.717) is 0 Å². The Bertz CT molecular complexity index is 257. The maximum atomic E-state index is 4.38. The van der Waals surface area contributed by atoms with Gasteiger partial charge in [0.1, 0.15) is 0 Å². The first kappa shape index (κ1) is 30.4. The smallest absolute Gasteiger partial charge is 0.0843 e. The van der Waals surface area contributed by atoms with E-state index in [2.05, 4.69) is 19.6 Å². The fraction of sp³-hybridized carbons (Fsp3) is 1.00. The minimum atomic E-state index is 0. The third kappa shape index (κ3) is 26.2. The van der Waals surface area contributed by atoms with Crippen LogP contribution < -0.4 is 18.1 Å². The highest BCUT2D eigenvalue weighted by Gasteiger charge is 2.05. The molecule has 0 aliphatic rings. The molecule has 0 heterocycles. The van der Waals surface area contributed by atoms with Crippen LogP contribution in [0.2, 0.25) is 0 Å². The predicted octanol–water partition coefficient (Wildman–Crippen LogP) is 5.61. The summed E-state index contributed by atoms with van der Waals surface area (Å²) in [5.41, 5.74) is 4.38. The Labute approximate surface area is 185 Å². The summed E-state index contributed by atoms with van der Waals surface area (Å²) in [7, 11) is 0. The number of rotatable bonds is 23. The molecule has 0 fully saturated rings. The highest BCUT2D eigenvalue weighted by Crippen LogP contribution is 2.15. The van der Waals surface area contributed by atoms with Gasteiger partial charge in [-0.05, 0) is 25.7 Å². The molecule has 172 valence electrons. The van der Waals surface area contributed by atoms with E-state index in [1.165, 1.54) is 148 Å². The molecule has 1 unspecified atom stereocenters. The molecule has 1 nitrogen and oxygen atoms in total. The van der Waals surface area contributed by atoms with Crippen LogP contribution in [0, 0.1) is 0 Å². The molecule has 0 radical (unpaired) electrons. The van der Waals surface area contributed by atoms with Crippen LogP contribution in [0.5, 0.6) is 0 Å². The van der Waals surface area contributed by atoms with Gasteiger partial charge in [-0.1, -0.05) is 136 Å². The van der Waals surface area contributed by atoms with E-state index in [0.717, 1.165) is 6.04 Å². The van der Waals surface area contributed by atoms with Gasteiger partial charge in [-0.25, -0.2) is 0 Å². The summed E-state index contributed by atoms with van der Waals surface area (Å²) >= 11 is 0. The molecule has 3 N–H and O–H groups in total. The van der Waals surface area contributed by atoms with Crippen molar-refractivity contribution < 1.29 is 18.1 Å². The molecule has 2 heteroatoms. The van der Waals surface area contributed by atoms with Gasteiger partial charge in [0.15, 0.2) is 0 Å². The van der Waals surface area contributed by atoms with Crippen molar-refractivity contribution in [2.24, 2.45) is 0 Å². The van der Waals surface area contributed by atoms with E-state index in [4.69, 9.17) is 0 Å². The van der Waals surface area contributed by atoms with Crippen molar-refractivity contribution in [2.75, 3.05) is 0 Å². The molecule has 28 heavy (non-hydrogen) atoms. The summed E-state index contributed by atoms with van der Waals surface area (Å²) in [4.78, 5) is 0. The van der Waals surface area contributed by atoms with E-state index in [1.807, 2.05) is 0 Å². The minimum Gasteiger partial charge on any atom is -1.00 e. The zero-order chi connectivity index (χ0) is 19.8. The van der Waals surface area contributed by atoms with Gasteiger partial charge in [0.25, 0.3) is 0 Å². The minimum absolute atomic E-state index is 0. The van der Waals surface area contributed by atoms with E-state index in [-0.39, 0.29) is 12.4 Å². The Hall–Kier alpha value is 0.250. The van der Waals surface area contributed by atoms with Crippen LogP contribution in [0.15, 0.2) is 0 Å². The number of halogens is 1. The molecule has 0 rings (SSSR count). The zero-order valence-corrected chi connectivity index (χ0v) is 20.7. The SMILES string of the molecule is CCCCCCCCCCCCCCCCCC([NH3+])CCCCCCCC.[Cl-]. The normalized spacial score (nSPS) is 12.1. The highest BCUT2D eigenvalue weighted by molar-refractivity contribution is 4.56. The summed E-state index contributed by atoms with van der Waals surface area (Å²) in [6.07, 6.45) is 33.1. The fourth-order valence-electron chi connectivity index (χ4n) is 4.16. The first-order valence-electron chi connectivity index (χ1n) is 13.1. The standard InChI is InChI=1S/C26H55N.ClH/c1-3-5-7-9-11-12-13-14-15-16-17-18-19-21-23-25-26(27)24-22-20-10-8-6-4-2;/h26H,3-25,27H2,1-2H3;1H. The van der Waals surface area contributed by atoms with Gasteiger partial charge in [0.2, 0.25) is 0 Å². The van der Waals surface area contributed by atoms with Crippen molar-refractivity contribution in [3.8, 4) is 0 Å². The molecule has 0 amide bonds. The van der Waals surface area contributed by atoms with E-state index in [1.54, 1.807) is 0 Å². The lowest BCUT2D eigenvalue weighted by Crippen LogP contribution is -3.00. The Morgan fingerprint density at radius 1 is 0.393 bits per heavy atom. The third-order valence-electron chi connectivity index (χ3n) is 6.18. The Kier molecular flexibility index (Phi) is 29.6. The van der Waals surface area contributed by atoms with Gasteiger partial charge in [-0.2, -0.15) is 0 Å². The molecule has 0 aliphatic heterocycles. The summed E-state index contributed by atoms with van der Waals surface area (Å²) < 4.78 is 0. The lowest BCUT2D eigenvalue weighted by Gasteiger charge is -2.08. The van der Waals surface area contributed by atoms with Gasteiger partial charge in [0, 0.05) is 0 Å². The van der Waals surface area contributed by atoms with Crippen molar-refractivity contribution in [1.82, 2.24) is 0 Å². The molecular weight excluding hydrogens is 362 g/mol. The second-order valence-electron chi connectivity index (χ2n) is 9.16. The first-order valence-corrected chi connectivity index (χ1v) is 13.1. The quantitative estimate of drug-likeness (QED) is 0.209. The van der Waals surface area contributed by atoms with Crippen molar-refractivity contribution in [3.63, 3.8) is 0 Å². The molecule has 0 aliphatic carbocycles. The zero-order valence-electron chi connectivity index (χ0n) is 19.9. The topological polar surface area (TPSA) is 27.6 Å². The molecule has 0 aromatic rings. The molecular formula is C26H56ClN. The van der Waals surface area contributed by atoms with E-state index < -0.39 is 0 Å². The molecule has 0 aromatic carbocycles. The van der Waals surface area contributed by atoms with Crippen LogP contribution >= 0.6 is 0 Å². The number of quaternary nitrogens is 1. The first-order chi connectivity index (χ1) is 13.3. The molecule has 0 bridgehead atoms. The molecule has 0 aromatic heterocycles. The summed E-state index contributed by atoms with van der Waals surface area (Å²) in [5, 5.41) is 0. The second kappa shape index (κ2) is 27.2. The summed E-state index contributed by atoms with van der Waals surface area (Å²) in [6.45, 7) is 4.60. The van der Waals surface area contributed by atoms with E-state index >= 15 is 0 Å². The Morgan fingerprint density at radius 3 is 0.857 bits per heavy atom. The van der Waals surface area contributed by atoms with Gasteiger partial charge in [0.05, 0.1) is 6.04 Å². The van der Waals surface area contributed by atoms with Crippen molar-refractivity contribution >= 4 is 0 Å². The predicted molar refractivity (Wildman–Crippen MR) is 124 cm³/mol. The molecule has 0 saturated carbocycles.